The minimum atomic E-state index is -2.81. The molecule has 90 valence electrons. The number of hydrogen-bond acceptors (Lipinski definition) is 4. The Bertz CT molecular complexity index is 412. The molecule has 0 fully saturated rings. The third-order valence-corrected chi connectivity index (χ3v) is 5.08. The van der Waals surface area contributed by atoms with Crippen molar-refractivity contribution in [3.8, 4) is 0 Å². The number of sulfone groups is 1. The van der Waals surface area contributed by atoms with E-state index in [1.807, 2.05) is 24.3 Å². The maximum absolute atomic E-state index is 11.2. The fourth-order valence-corrected chi connectivity index (χ4v) is 3.09. The van der Waals surface area contributed by atoms with Crippen LogP contribution < -0.4 is 5.73 Å². The van der Waals surface area contributed by atoms with E-state index in [0.29, 0.717) is 6.42 Å². The van der Waals surface area contributed by atoms with Gasteiger partial charge in [-0.15, -0.1) is 11.8 Å². The van der Waals surface area contributed by atoms with Crippen molar-refractivity contribution in [3.05, 3.63) is 24.3 Å². The first-order valence-corrected chi connectivity index (χ1v) is 8.03. The summed E-state index contributed by atoms with van der Waals surface area (Å²) in [5.41, 5.74) is 6.32. The average Bonchev–Trinajstić information content (AvgIpc) is 2.27. The van der Waals surface area contributed by atoms with E-state index in [1.54, 1.807) is 18.7 Å². The highest BCUT2D eigenvalue weighted by atomic mass is 32.2. The molecular formula is C11H17NO2S2. The van der Waals surface area contributed by atoms with Gasteiger partial charge in [-0.25, -0.2) is 8.42 Å². The summed E-state index contributed by atoms with van der Waals surface area (Å²) in [5.74, 6) is 1.34. The van der Waals surface area contributed by atoms with E-state index in [-0.39, 0.29) is 11.5 Å². The molecule has 0 radical (unpaired) electrons. The lowest BCUT2D eigenvalue weighted by atomic mass is 10.3. The van der Waals surface area contributed by atoms with Crippen LogP contribution in [0.25, 0.3) is 0 Å². The number of anilines is 1. The van der Waals surface area contributed by atoms with Gasteiger partial charge in [-0.1, -0.05) is 6.92 Å². The van der Waals surface area contributed by atoms with Crippen LogP contribution in [0.5, 0.6) is 0 Å². The number of rotatable bonds is 6. The molecule has 0 bridgehead atoms. The summed E-state index contributed by atoms with van der Waals surface area (Å²) in [7, 11) is -2.81. The van der Waals surface area contributed by atoms with E-state index in [1.165, 1.54) is 0 Å². The van der Waals surface area contributed by atoms with Crippen LogP contribution in [0, 0.1) is 0 Å². The Morgan fingerprint density at radius 3 is 2.44 bits per heavy atom. The second kappa shape index (κ2) is 6.15. The van der Waals surface area contributed by atoms with E-state index in [4.69, 9.17) is 5.73 Å². The first kappa shape index (κ1) is 13.4. The fourth-order valence-electron chi connectivity index (χ4n) is 1.18. The third-order valence-electron chi connectivity index (χ3n) is 2.19. The van der Waals surface area contributed by atoms with Crippen molar-refractivity contribution >= 4 is 27.3 Å². The highest BCUT2D eigenvalue weighted by molar-refractivity contribution is 7.99. The lowest BCUT2D eigenvalue weighted by molar-refractivity contribution is 0.596. The molecule has 0 aromatic heterocycles. The molecular weight excluding hydrogens is 242 g/mol. The zero-order valence-electron chi connectivity index (χ0n) is 9.35. The van der Waals surface area contributed by atoms with Crippen molar-refractivity contribution in [1.82, 2.24) is 0 Å². The molecule has 0 amide bonds. The number of benzene rings is 1. The van der Waals surface area contributed by atoms with Crippen molar-refractivity contribution in [2.24, 2.45) is 0 Å². The van der Waals surface area contributed by atoms with E-state index in [2.05, 4.69) is 0 Å². The van der Waals surface area contributed by atoms with Gasteiger partial charge in [0, 0.05) is 16.3 Å². The highest BCUT2D eigenvalue weighted by Gasteiger charge is 2.06. The second-order valence-corrected chi connectivity index (χ2v) is 7.15. The van der Waals surface area contributed by atoms with Gasteiger partial charge in [-0.2, -0.15) is 0 Å². The SMILES string of the molecule is CCS(=O)(=O)CCCSc1ccc(N)cc1. The summed E-state index contributed by atoms with van der Waals surface area (Å²) in [6.45, 7) is 1.68. The van der Waals surface area contributed by atoms with Gasteiger partial charge in [0.15, 0.2) is 0 Å². The molecule has 0 atom stereocenters. The summed E-state index contributed by atoms with van der Waals surface area (Å²) in [4.78, 5) is 1.13. The first-order chi connectivity index (χ1) is 7.53. The van der Waals surface area contributed by atoms with Crippen LogP contribution in [0.4, 0.5) is 5.69 Å². The molecule has 1 aromatic carbocycles. The fraction of sp³-hybridized carbons (Fsp3) is 0.455. The Labute approximate surface area is 101 Å². The molecule has 0 saturated heterocycles. The van der Waals surface area contributed by atoms with Crippen molar-refractivity contribution in [2.45, 2.75) is 18.2 Å². The van der Waals surface area contributed by atoms with E-state index in [0.717, 1.165) is 16.3 Å². The van der Waals surface area contributed by atoms with E-state index >= 15 is 0 Å². The molecule has 0 aliphatic rings. The minimum Gasteiger partial charge on any atom is -0.399 e. The van der Waals surface area contributed by atoms with Gasteiger partial charge >= 0.3 is 0 Å². The number of nitrogen functional groups attached to an aromatic ring is 1. The van der Waals surface area contributed by atoms with Crippen LogP contribution in [0.1, 0.15) is 13.3 Å². The molecule has 2 N–H and O–H groups in total. The van der Waals surface area contributed by atoms with Crippen LogP contribution >= 0.6 is 11.8 Å². The minimum absolute atomic E-state index is 0.236. The lowest BCUT2D eigenvalue weighted by Crippen LogP contribution is -2.09. The van der Waals surface area contributed by atoms with Gasteiger partial charge in [0.05, 0.1) is 5.75 Å². The topological polar surface area (TPSA) is 60.2 Å². The smallest absolute Gasteiger partial charge is 0.150 e. The average molecular weight is 259 g/mol. The number of nitrogens with two attached hydrogens (primary N) is 1. The number of thioether (sulfide) groups is 1. The summed E-state index contributed by atoms with van der Waals surface area (Å²) >= 11 is 1.66. The third kappa shape index (κ3) is 4.90. The lowest BCUT2D eigenvalue weighted by Gasteiger charge is -2.02. The van der Waals surface area contributed by atoms with Crippen molar-refractivity contribution in [2.75, 3.05) is 23.0 Å². The quantitative estimate of drug-likeness (QED) is 0.483. The second-order valence-electron chi connectivity index (χ2n) is 3.51. The van der Waals surface area contributed by atoms with Gasteiger partial charge in [0.1, 0.15) is 9.84 Å². The van der Waals surface area contributed by atoms with Gasteiger partial charge in [0.25, 0.3) is 0 Å². The standard InChI is InChI=1S/C11H17NO2S2/c1-2-16(13,14)9-3-8-15-11-6-4-10(12)5-7-11/h4-7H,2-3,8-9,12H2,1H3. The molecule has 0 aliphatic carbocycles. The molecule has 16 heavy (non-hydrogen) atoms. The molecule has 5 heteroatoms. The Morgan fingerprint density at radius 2 is 1.88 bits per heavy atom. The molecule has 0 saturated carbocycles. The predicted octanol–water partition coefficient (Wildman–Crippen LogP) is 2.19. The largest absolute Gasteiger partial charge is 0.399 e. The van der Waals surface area contributed by atoms with Gasteiger partial charge in [0.2, 0.25) is 0 Å². The molecule has 0 heterocycles. The summed E-state index contributed by atoms with van der Waals surface area (Å²) in [5, 5.41) is 0. The van der Waals surface area contributed by atoms with Gasteiger partial charge in [-0.05, 0) is 36.4 Å². The molecule has 3 nitrogen and oxygen atoms in total. The summed E-state index contributed by atoms with van der Waals surface area (Å²) in [6, 6.07) is 7.61. The van der Waals surface area contributed by atoms with Crippen LogP contribution in [0.3, 0.4) is 0 Å². The van der Waals surface area contributed by atoms with Crippen LogP contribution in [0.15, 0.2) is 29.2 Å². The van der Waals surface area contributed by atoms with Crippen molar-refractivity contribution in [1.29, 1.82) is 0 Å². The highest BCUT2D eigenvalue weighted by Crippen LogP contribution is 2.19. The van der Waals surface area contributed by atoms with E-state index in [9.17, 15) is 8.42 Å². The normalized spacial score (nSPS) is 11.6. The Morgan fingerprint density at radius 1 is 1.25 bits per heavy atom. The summed E-state index contributed by atoms with van der Waals surface area (Å²) in [6.07, 6.45) is 0.700. The number of hydrogen-bond donors (Lipinski definition) is 1. The Hall–Kier alpha value is -0.680. The maximum atomic E-state index is 11.2. The Balaban J connectivity index is 2.29. The zero-order valence-corrected chi connectivity index (χ0v) is 11.0. The van der Waals surface area contributed by atoms with Crippen molar-refractivity contribution in [3.63, 3.8) is 0 Å². The predicted molar refractivity (Wildman–Crippen MR) is 70.5 cm³/mol. The summed E-state index contributed by atoms with van der Waals surface area (Å²) < 4.78 is 22.5. The van der Waals surface area contributed by atoms with Gasteiger partial charge in [-0.3, -0.25) is 0 Å². The molecule has 0 unspecified atom stereocenters. The molecule has 1 rings (SSSR count). The van der Waals surface area contributed by atoms with Crippen molar-refractivity contribution < 1.29 is 8.42 Å². The van der Waals surface area contributed by atoms with Crippen LogP contribution in [-0.4, -0.2) is 25.7 Å². The molecule has 1 aromatic rings. The van der Waals surface area contributed by atoms with Crippen LogP contribution in [-0.2, 0) is 9.84 Å². The molecule has 0 aliphatic heterocycles. The zero-order chi connectivity index (χ0) is 12.0. The molecule has 0 spiro atoms. The monoisotopic (exact) mass is 259 g/mol. The first-order valence-electron chi connectivity index (χ1n) is 5.22. The van der Waals surface area contributed by atoms with Gasteiger partial charge < -0.3 is 5.73 Å². The van der Waals surface area contributed by atoms with E-state index < -0.39 is 9.84 Å². The maximum Gasteiger partial charge on any atom is 0.150 e. The Kier molecular flexibility index (Phi) is 5.15. The van der Waals surface area contributed by atoms with Crippen LogP contribution in [0.2, 0.25) is 0 Å².